The molecule has 2 aromatic rings. The Balaban J connectivity index is 2.88. The zero-order valence-corrected chi connectivity index (χ0v) is 7.88. The Hall–Kier alpha value is -1.09. The van der Waals surface area contributed by atoms with E-state index in [1.165, 1.54) is 0 Å². The molecule has 0 bridgehead atoms. The lowest BCUT2D eigenvalue weighted by Crippen LogP contribution is -1.84. The molecule has 0 radical (unpaired) electrons. The second-order valence-electron chi connectivity index (χ2n) is 2.60. The summed E-state index contributed by atoms with van der Waals surface area (Å²) in [5.41, 5.74) is 6.42. The molecule has 0 atom stereocenters. The first-order valence-corrected chi connectivity index (χ1v) is 4.35. The second-order valence-corrected chi connectivity index (χ2v) is 3.46. The summed E-state index contributed by atoms with van der Waals surface area (Å²) in [4.78, 5) is 4.05. The SMILES string of the molecule is Nc1ccc2cncc(Br)c2c1. The maximum atomic E-state index is 5.65. The van der Waals surface area contributed by atoms with Crippen molar-refractivity contribution in [3.8, 4) is 0 Å². The molecule has 0 unspecified atom stereocenters. The van der Waals surface area contributed by atoms with Gasteiger partial charge in [0, 0.05) is 33.3 Å². The summed E-state index contributed by atoms with van der Waals surface area (Å²) in [5, 5.41) is 2.20. The molecule has 0 saturated carbocycles. The van der Waals surface area contributed by atoms with Crippen LogP contribution in [-0.2, 0) is 0 Å². The van der Waals surface area contributed by atoms with E-state index in [4.69, 9.17) is 5.73 Å². The normalized spacial score (nSPS) is 10.4. The molecule has 2 rings (SSSR count). The van der Waals surface area contributed by atoms with Crippen LogP contribution in [0.3, 0.4) is 0 Å². The maximum Gasteiger partial charge on any atom is 0.0437 e. The van der Waals surface area contributed by atoms with E-state index in [-0.39, 0.29) is 0 Å². The molecule has 1 heterocycles. The van der Waals surface area contributed by atoms with Gasteiger partial charge in [0.2, 0.25) is 0 Å². The summed E-state index contributed by atoms with van der Waals surface area (Å²) in [5.74, 6) is 0. The van der Waals surface area contributed by atoms with Crippen molar-refractivity contribution in [2.45, 2.75) is 0 Å². The molecule has 2 N–H and O–H groups in total. The largest absolute Gasteiger partial charge is 0.399 e. The smallest absolute Gasteiger partial charge is 0.0437 e. The zero-order valence-electron chi connectivity index (χ0n) is 6.29. The quantitative estimate of drug-likeness (QED) is 0.697. The number of hydrogen-bond acceptors (Lipinski definition) is 2. The van der Waals surface area contributed by atoms with Crippen LogP contribution < -0.4 is 5.73 Å². The third kappa shape index (κ3) is 1.16. The predicted octanol–water partition coefficient (Wildman–Crippen LogP) is 2.58. The van der Waals surface area contributed by atoms with Gasteiger partial charge in [-0.2, -0.15) is 0 Å². The van der Waals surface area contributed by atoms with Crippen LogP contribution >= 0.6 is 15.9 Å². The number of benzene rings is 1. The van der Waals surface area contributed by atoms with Gasteiger partial charge < -0.3 is 5.73 Å². The number of pyridine rings is 1. The molecule has 0 spiro atoms. The first-order valence-electron chi connectivity index (χ1n) is 3.56. The van der Waals surface area contributed by atoms with Crippen LogP contribution in [0, 0.1) is 0 Å². The minimum absolute atomic E-state index is 0.773. The van der Waals surface area contributed by atoms with Crippen LogP contribution in [0.5, 0.6) is 0 Å². The van der Waals surface area contributed by atoms with Crippen molar-refractivity contribution < 1.29 is 0 Å². The molecule has 60 valence electrons. The van der Waals surface area contributed by atoms with Crippen LogP contribution in [-0.4, -0.2) is 4.98 Å². The van der Waals surface area contributed by atoms with Crippen molar-refractivity contribution in [3.05, 3.63) is 35.1 Å². The van der Waals surface area contributed by atoms with Crippen molar-refractivity contribution >= 4 is 32.4 Å². The number of hydrogen-bond donors (Lipinski definition) is 1. The summed E-state index contributed by atoms with van der Waals surface area (Å²) in [6, 6.07) is 5.76. The molecule has 0 aliphatic rings. The Bertz CT molecular complexity index is 426. The molecular weight excluding hydrogens is 216 g/mol. The molecule has 3 heteroatoms. The standard InChI is InChI=1S/C9H7BrN2/c10-9-5-12-4-6-1-2-7(11)3-8(6)9/h1-5H,11H2. The lowest BCUT2D eigenvalue weighted by molar-refractivity contribution is 1.35. The van der Waals surface area contributed by atoms with Crippen LogP contribution in [0.25, 0.3) is 10.8 Å². The van der Waals surface area contributed by atoms with Crippen molar-refractivity contribution in [1.29, 1.82) is 0 Å². The fourth-order valence-corrected chi connectivity index (χ4v) is 1.61. The van der Waals surface area contributed by atoms with E-state index in [9.17, 15) is 0 Å². The van der Waals surface area contributed by atoms with Crippen molar-refractivity contribution in [1.82, 2.24) is 4.98 Å². The number of anilines is 1. The lowest BCUT2D eigenvalue weighted by atomic mass is 10.2. The van der Waals surface area contributed by atoms with Crippen LogP contribution in [0.4, 0.5) is 5.69 Å². The minimum atomic E-state index is 0.773. The van der Waals surface area contributed by atoms with Gasteiger partial charge in [-0.15, -0.1) is 0 Å². The molecule has 0 aliphatic heterocycles. The molecule has 12 heavy (non-hydrogen) atoms. The highest BCUT2D eigenvalue weighted by Crippen LogP contribution is 2.23. The van der Waals surface area contributed by atoms with Gasteiger partial charge in [0.25, 0.3) is 0 Å². The predicted molar refractivity (Wildman–Crippen MR) is 53.9 cm³/mol. The monoisotopic (exact) mass is 222 g/mol. The number of aromatic nitrogens is 1. The molecule has 0 fully saturated rings. The summed E-state index contributed by atoms with van der Waals surface area (Å²) < 4.78 is 0.979. The topological polar surface area (TPSA) is 38.9 Å². The Morgan fingerprint density at radius 1 is 1.25 bits per heavy atom. The number of nitrogens with two attached hydrogens (primary N) is 1. The highest BCUT2D eigenvalue weighted by atomic mass is 79.9. The second kappa shape index (κ2) is 2.75. The zero-order chi connectivity index (χ0) is 8.55. The van der Waals surface area contributed by atoms with Gasteiger partial charge in [0.15, 0.2) is 0 Å². The van der Waals surface area contributed by atoms with E-state index in [2.05, 4.69) is 20.9 Å². The first kappa shape index (κ1) is 7.55. The molecule has 1 aromatic carbocycles. The van der Waals surface area contributed by atoms with Crippen molar-refractivity contribution in [2.75, 3.05) is 5.73 Å². The molecule has 0 saturated heterocycles. The van der Waals surface area contributed by atoms with Gasteiger partial charge >= 0.3 is 0 Å². The van der Waals surface area contributed by atoms with Crippen LogP contribution in [0.15, 0.2) is 35.1 Å². The summed E-state index contributed by atoms with van der Waals surface area (Å²) >= 11 is 3.41. The van der Waals surface area contributed by atoms with E-state index in [1.54, 1.807) is 6.20 Å². The van der Waals surface area contributed by atoms with Gasteiger partial charge in [-0.3, -0.25) is 4.98 Å². The molecule has 2 nitrogen and oxygen atoms in total. The Morgan fingerprint density at radius 2 is 2.08 bits per heavy atom. The number of fused-ring (bicyclic) bond motifs is 1. The number of rotatable bonds is 0. The third-order valence-electron chi connectivity index (χ3n) is 1.74. The number of nitrogen functional groups attached to an aromatic ring is 1. The fraction of sp³-hybridized carbons (Fsp3) is 0. The summed E-state index contributed by atoms with van der Waals surface area (Å²) in [6.07, 6.45) is 3.58. The van der Waals surface area contributed by atoms with Crippen LogP contribution in [0.2, 0.25) is 0 Å². The average Bonchev–Trinajstić information content (AvgIpc) is 2.07. The highest BCUT2D eigenvalue weighted by Gasteiger charge is 1.97. The van der Waals surface area contributed by atoms with E-state index in [0.717, 1.165) is 20.9 Å². The lowest BCUT2D eigenvalue weighted by Gasteiger charge is -1.99. The Kier molecular flexibility index (Phi) is 1.73. The van der Waals surface area contributed by atoms with Gasteiger partial charge in [-0.1, -0.05) is 6.07 Å². The van der Waals surface area contributed by atoms with E-state index in [0.29, 0.717) is 0 Å². The van der Waals surface area contributed by atoms with Gasteiger partial charge in [-0.25, -0.2) is 0 Å². The van der Waals surface area contributed by atoms with Gasteiger partial charge in [0.05, 0.1) is 0 Å². The molecule has 0 aliphatic carbocycles. The number of nitrogens with zero attached hydrogens (tertiary/aromatic N) is 1. The highest BCUT2D eigenvalue weighted by molar-refractivity contribution is 9.10. The third-order valence-corrected chi connectivity index (χ3v) is 2.37. The average molecular weight is 223 g/mol. The fourth-order valence-electron chi connectivity index (χ4n) is 1.15. The maximum absolute atomic E-state index is 5.65. The van der Waals surface area contributed by atoms with E-state index >= 15 is 0 Å². The van der Waals surface area contributed by atoms with E-state index < -0.39 is 0 Å². The molecule has 1 aromatic heterocycles. The Labute approximate surface area is 78.5 Å². The Morgan fingerprint density at radius 3 is 2.92 bits per heavy atom. The minimum Gasteiger partial charge on any atom is -0.399 e. The molecular formula is C9H7BrN2. The van der Waals surface area contributed by atoms with E-state index in [1.807, 2.05) is 24.4 Å². The summed E-state index contributed by atoms with van der Waals surface area (Å²) in [6.45, 7) is 0. The summed E-state index contributed by atoms with van der Waals surface area (Å²) in [7, 11) is 0. The van der Waals surface area contributed by atoms with Crippen molar-refractivity contribution in [2.24, 2.45) is 0 Å². The first-order chi connectivity index (χ1) is 5.77. The molecule has 0 amide bonds. The van der Waals surface area contributed by atoms with Crippen molar-refractivity contribution in [3.63, 3.8) is 0 Å². The van der Waals surface area contributed by atoms with Gasteiger partial charge in [-0.05, 0) is 28.1 Å². The van der Waals surface area contributed by atoms with Crippen LogP contribution in [0.1, 0.15) is 0 Å². The van der Waals surface area contributed by atoms with Gasteiger partial charge in [0.1, 0.15) is 0 Å². The number of halogens is 1.